The molecular formula is C23H24BrNO2. The third-order valence-electron chi connectivity index (χ3n) is 4.31. The van der Waals surface area contributed by atoms with E-state index in [1.165, 1.54) is 11.1 Å². The minimum Gasteiger partial charge on any atom is -0.493 e. The predicted molar refractivity (Wildman–Crippen MR) is 115 cm³/mol. The van der Waals surface area contributed by atoms with Gasteiger partial charge in [0.2, 0.25) is 0 Å². The third kappa shape index (κ3) is 5.27. The molecule has 0 fully saturated rings. The quantitative estimate of drug-likeness (QED) is 0.483. The van der Waals surface area contributed by atoms with Gasteiger partial charge >= 0.3 is 0 Å². The summed E-state index contributed by atoms with van der Waals surface area (Å²) in [6.45, 7) is 5.37. The van der Waals surface area contributed by atoms with Crippen LogP contribution in [-0.4, -0.2) is 7.11 Å². The zero-order valence-electron chi connectivity index (χ0n) is 15.9. The van der Waals surface area contributed by atoms with Crippen LogP contribution in [-0.2, 0) is 13.2 Å². The van der Waals surface area contributed by atoms with Crippen molar-refractivity contribution in [2.45, 2.75) is 27.0 Å². The van der Waals surface area contributed by atoms with Crippen molar-refractivity contribution in [2.24, 2.45) is 0 Å². The van der Waals surface area contributed by atoms with Crippen molar-refractivity contribution < 1.29 is 9.47 Å². The number of hydrogen-bond acceptors (Lipinski definition) is 3. The number of benzene rings is 3. The monoisotopic (exact) mass is 425 g/mol. The summed E-state index contributed by atoms with van der Waals surface area (Å²) in [7, 11) is 1.66. The van der Waals surface area contributed by atoms with E-state index in [1.54, 1.807) is 7.11 Å². The lowest BCUT2D eigenvalue weighted by Gasteiger charge is -2.15. The molecule has 0 atom stereocenters. The first kappa shape index (κ1) is 19.3. The largest absolute Gasteiger partial charge is 0.493 e. The Balaban J connectivity index is 1.71. The number of ether oxygens (including phenoxy) is 2. The summed E-state index contributed by atoms with van der Waals surface area (Å²) in [6.07, 6.45) is 0. The van der Waals surface area contributed by atoms with Gasteiger partial charge < -0.3 is 14.8 Å². The molecule has 0 aliphatic rings. The number of nitrogens with one attached hydrogen (secondary N) is 1. The number of halogens is 1. The Labute approximate surface area is 169 Å². The number of anilines is 1. The number of methoxy groups -OCH3 is 1. The highest BCUT2D eigenvalue weighted by atomic mass is 79.9. The number of hydrogen-bond donors (Lipinski definition) is 1. The Hall–Kier alpha value is -2.46. The summed E-state index contributed by atoms with van der Waals surface area (Å²) >= 11 is 3.63. The van der Waals surface area contributed by atoms with Crippen LogP contribution in [0.25, 0.3) is 0 Å². The van der Waals surface area contributed by atoms with Crippen LogP contribution >= 0.6 is 15.9 Å². The van der Waals surface area contributed by atoms with Crippen LogP contribution in [0.3, 0.4) is 0 Å². The zero-order valence-corrected chi connectivity index (χ0v) is 17.5. The molecule has 0 amide bonds. The van der Waals surface area contributed by atoms with Gasteiger partial charge in [-0.2, -0.15) is 0 Å². The maximum atomic E-state index is 6.03. The van der Waals surface area contributed by atoms with E-state index >= 15 is 0 Å². The van der Waals surface area contributed by atoms with Crippen LogP contribution in [0, 0.1) is 13.8 Å². The average Bonchev–Trinajstić information content (AvgIpc) is 2.66. The molecule has 0 bridgehead atoms. The molecule has 0 heterocycles. The summed E-state index contributed by atoms with van der Waals surface area (Å²) in [5, 5.41) is 3.45. The van der Waals surface area contributed by atoms with E-state index in [9.17, 15) is 0 Å². The molecule has 27 heavy (non-hydrogen) atoms. The summed E-state index contributed by atoms with van der Waals surface area (Å²) < 4.78 is 12.5. The van der Waals surface area contributed by atoms with Crippen LogP contribution in [0.15, 0.2) is 65.1 Å². The second-order valence-corrected chi connectivity index (χ2v) is 7.46. The molecule has 0 saturated carbocycles. The molecule has 3 nitrogen and oxygen atoms in total. The summed E-state index contributed by atoms with van der Waals surface area (Å²) in [6, 6.07) is 20.8. The highest BCUT2D eigenvalue weighted by Gasteiger charge is 2.12. The number of rotatable bonds is 7. The first-order chi connectivity index (χ1) is 13.0. The molecule has 0 aromatic heterocycles. The minimum absolute atomic E-state index is 0.496. The maximum Gasteiger partial charge on any atom is 0.175 e. The van der Waals surface area contributed by atoms with Gasteiger partial charge in [-0.1, -0.05) is 42.0 Å². The molecule has 0 aliphatic carbocycles. The SMILES string of the molecule is COc1cc(CNc2cccc(C)c2)cc(Br)c1OCc1ccc(C)cc1. The first-order valence-electron chi connectivity index (χ1n) is 8.90. The van der Waals surface area contributed by atoms with E-state index < -0.39 is 0 Å². The van der Waals surface area contributed by atoms with Gasteiger partial charge in [0.25, 0.3) is 0 Å². The normalized spacial score (nSPS) is 10.5. The van der Waals surface area contributed by atoms with Crippen molar-refractivity contribution >= 4 is 21.6 Å². The molecule has 140 valence electrons. The van der Waals surface area contributed by atoms with Crippen molar-refractivity contribution in [2.75, 3.05) is 12.4 Å². The molecule has 0 spiro atoms. The summed E-state index contributed by atoms with van der Waals surface area (Å²) in [5.41, 5.74) is 5.81. The van der Waals surface area contributed by atoms with Crippen molar-refractivity contribution in [3.05, 3.63) is 87.4 Å². The van der Waals surface area contributed by atoms with Gasteiger partial charge in [-0.05, 0) is 70.7 Å². The Morgan fingerprint density at radius 3 is 2.37 bits per heavy atom. The first-order valence-corrected chi connectivity index (χ1v) is 9.70. The third-order valence-corrected chi connectivity index (χ3v) is 4.90. The van der Waals surface area contributed by atoms with Gasteiger partial charge in [-0.25, -0.2) is 0 Å². The molecule has 3 aromatic rings. The second kappa shape index (κ2) is 8.96. The highest BCUT2D eigenvalue weighted by Crippen LogP contribution is 2.37. The number of aryl methyl sites for hydroxylation is 2. The Morgan fingerprint density at radius 1 is 0.889 bits per heavy atom. The van der Waals surface area contributed by atoms with Gasteiger partial charge in [0.1, 0.15) is 6.61 Å². The molecule has 1 N–H and O–H groups in total. The second-order valence-electron chi connectivity index (χ2n) is 6.61. The summed E-state index contributed by atoms with van der Waals surface area (Å²) in [4.78, 5) is 0. The van der Waals surface area contributed by atoms with E-state index in [0.717, 1.165) is 32.8 Å². The van der Waals surface area contributed by atoms with Crippen molar-refractivity contribution in [1.82, 2.24) is 0 Å². The summed E-state index contributed by atoms with van der Waals surface area (Å²) in [5.74, 6) is 1.44. The van der Waals surface area contributed by atoms with E-state index in [-0.39, 0.29) is 0 Å². The lowest BCUT2D eigenvalue weighted by Crippen LogP contribution is -2.03. The van der Waals surface area contributed by atoms with Crippen LogP contribution in [0.2, 0.25) is 0 Å². The predicted octanol–water partition coefficient (Wildman–Crippen LogP) is 6.27. The van der Waals surface area contributed by atoms with Crippen LogP contribution < -0.4 is 14.8 Å². The lowest BCUT2D eigenvalue weighted by molar-refractivity contribution is 0.282. The molecule has 0 aliphatic heterocycles. The molecule has 0 saturated heterocycles. The van der Waals surface area contributed by atoms with Gasteiger partial charge in [0, 0.05) is 12.2 Å². The molecular weight excluding hydrogens is 402 g/mol. The molecule has 4 heteroatoms. The van der Waals surface area contributed by atoms with Gasteiger partial charge in [0.05, 0.1) is 11.6 Å². The van der Waals surface area contributed by atoms with E-state index in [2.05, 4.69) is 89.7 Å². The van der Waals surface area contributed by atoms with E-state index in [1.807, 2.05) is 6.07 Å². The standard InChI is InChI=1S/C23H24BrNO2/c1-16-7-9-18(10-8-16)15-27-23-21(24)12-19(13-22(23)26-3)14-25-20-6-4-5-17(2)11-20/h4-13,25H,14-15H2,1-3H3. The van der Waals surface area contributed by atoms with Gasteiger partial charge in [0.15, 0.2) is 11.5 Å². The fraction of sp³-hybridized carbons (Fsp3) is 0.217. The van der Waals surface area contributed by atoms with Crippen LogP contribution in [0.1, 0.15) is 22.3 Å². The van der Waals surface area contributed by atoms with Crippen LogP contribution in [0.4, 0.5) is 5.69 Å². The Kier molecular flexibility index (Phi) is 6.40. The van der Waals surface area contributed by atoms with Gasteiger partial charge in [-0.3, -0.25) is 0 Å². The van der Waals surface area contributed by atoms with Crippen molar-refractivity contribution in [3.63, 3.8) is 0 Å². The minimum atomic E-state index is 0.496. The van der Waals surface area contributed by atoms with Crippen molar-refractivity contribution in [3.8, 4) is 11.5 Å². The lowest BCUT2D eigenvalue weighted by atomic mass is 10.1. The molecule has 0 unspecified atom stereocenters. The molecule has 0 radical (unpaired) electrons. The Bertz CT molecular complexity index is 907. The fourth-order valence-electron chi connectivity index (χ4n) is 2.81. The fourth-order valence-corrected chi connectivity index (χ4v) is 3.42. The van der Waals surface area contributed by atoms with Gasteiger partial charge in [-0.15, -0.1) is 0 Å². The molecule has 3 rings (SSSR count). The topological polar surface area (TPSA) is 30.5 Å². The zero-order chi connectivity index (χ0) is 19.2. The van der Waals surface area contributed by atoms with Crippen LogP contribution in [0.5, 0.6) is 11.5 Å². The average molecular weight is 426 g/mol. The Morgan fingerprint density at radius 2 is 1.67 bits per heavy atom. The maximum absolute atomic E-state index is 6.03. The highest BCUT2D eigenvalue weighted by molar-refractivity contribution is 9.10. The molecule has 3 aromatic carbocycles. The van der Waals surface area contributed by atoms with Crippen molar-refractivity contribution in [1.29, 1.82) is 0 Å². The smallest absolute Gasteiger partial charge is 0.175 e. The van der Waals surface area contributed by atoms with E-state index in [0.29, 0.717) is 13.2 Å². The van der Waals surface area contributed by atoms with E-state index in [4.69, 9.17) is 9.47 Å².